The molecule has 1 aromatic heterocycles. The average Bonchev–Trinajstić information content (AvgIpc) is 3.37. The van der Waals surface area contributed by atoms with Gasteiger partial charge in [0.25, 0.3) is 0 Å². The molecule has 1 saturated carbocycles. The number of carbonyl (C=O) groups excluding carboxylic acids is 1. The molecule has 1 fully saturated rings. The molecule has 0 bridgehead atoms. The Balaban J connectivity index is 1.47. The van der Waals surface area contributed by atoms with E-state index in [1.54, 1.807) is 0 Å². The number of rotatable bonds is 6. The molecule has 0 aromatic carbocycles. The van der Waals surface area contributed by atoms with E-state index in [1.165, 1.54) is 31.3 Å². The highest BCUT2D eigenvalue weighted by atomic mass is 16.5. The Labute approximate surface area is 149 Å². The van der Waals surface area contributed by atoms with Gasteiger partial charge in [0, 0.05) is 33.0 Å². The van der Waals surface area contributed by atoms with Crippen molar-refractivity contribution >= 4 is 5.91 Å². The lowest BCUT2D eigenvalue weighted by atomic mass is 9.95. The number of amides is 1. The third-order valence-corrected chi connectivity index (χ3v) is 5.66. The van der Waals surface area contributed by atoms with Gasteiger partial charge in [-0.1, -0.05) is 16.9 Å². The van der Waals surface area contributed by atoms with Crippen molar-refractivity contribution in [1.29, 1.82) is 0 Å². The Bertz CT molecular complexity index is 662. The third-order valence-electron chi connectivity index (χ3n) is 5.66. The summed E-state index contributed by atoms with van der Waals surface area (Å²) in [6.07, 6.45) is 10.8. The van der Waals surface area contributed by atoms with E-state index in [9.17, 15) is 4.79 Å². The first-order chi connectivity index (χ1) is 12.2. The fourth-order valence-electron chi connectivity index (χ4n) is 3.93. The van der Waals surface area contributed by atoms with Crippen molar-refractivity contribution in [3.05, 3.63) is 23.0 Å². The fraction of sp³-hybridized carbons (Fsp3) is 0.737. The summed E-state index contributed by atoms with van der Waals surface area (Å²) in [7, 11) is 1.93. The van der Waals surface area contributed by atoms with Crippen LogP contribution >= 0.6 is 0 Å². The average molecular weight is 344 g/mol. The van der Waals surface area contributed by atoms with Gasteiger partial charge in [0.1, 0.15) is 11.7 Å². The summed E-state index contributed by atoms with van der Waals surface area (Å²) < 4.78 is 7.79. The van der Waals surface area contributed by atoms with Crippen molar-refractivity contribution in [3.63, 3.8) is 0 Å². The van der Waals surface area contributed by atoms with Crippen molar-refractivity contribution in [3.8, 4) is 0 Å². The smallest absolute Gasteiger partial charge is 0.227 e. The summed E-state index contributed by atoms with van der Waals surface area (Å²) in [4.78, 5) is 15.0. The number of fused-ring (bicyclic) bond motifs is 1. The lowest BCUT2D eigenvalue weighted by Crippen LogP contribution is -2.42. The molecule has 0 N–H and O–H groups in total. The third kappa shape index (κ3) is 3.78. The van der Waals surface area contributed by atoms with Gasteiger partial charge in [-0.2, -0.15) is 0 Å². The molecule has 4 rings (SSSR count). The van der Waals surface area contributed by atoms with Crippen molar-refractivity contribution in [2.24, 2.45) is 13.0 Å². The molecule has 3 aliphatic rings. The molecule has 6 heteroatoms. The summed E-state index contributed by atoms with van der Waals surface area (Å²) in [6, 6.07) is -0.0899. The zero-order chi connectivity index (χ0) is 17.2. The zero-order valence-corrected chi connectivity index (χ0v) is 15.1. The van der Waals surface area contributed by atoms with Gasteiger partial charge in [-0.15, -0.1) is 5.10 Å². The number of hydrogen-bond acceptors (Lipinski definition) is 4. The molecular formula is C19H28N4O2. The van der Waals surface area contributed by atoms with Crippen LogP contribution in [0.15, 0.2) is 11.6 Å². The summed E-state index contributed by atoms with van der Waals surface area (Å²) in [5.41, 5.74) is 3.37. The molecule has 0 saturated heterocycles. The molecule has 1 aromatic rings. The second kappa shape index (κ2) is 7.28. The molecule has 0 radical (unpaired) electrons. The minimum atomic E-state index is -0.0899. The van der Waals surface area contributed by atoms with Crippen LogP contribution in [-0.4, -0.2) is 45.6 Å². The van der Waals surface area contributed by atoms with Crippen LogP contribution in [0.1, 0.15) is 62.4 Å². The largest absolute Gasteiger partial charge is 0.379 e. The van der Waals surface area contributed by atoms with E-state index in [4.69, 9.17) is 4.74 Å². The molecule has 2 aliphatic carbocycles. The Hall–Kier alpha value is -1.69. The van der Waals surface area contributed by atoms with Crippen LogP contribution in [0, 0.1) is 5.92 Å². The number of nitrogens with zero attached hydrogens (tertiary/aromatic N) is 4. The molecule has 1 aliphatic heterocycles. The first-order valence-electron chi connectivity index (χ1n) is 9.66. The van der Waals surface area contributed by atoms with Crippen molar-refractivity contribution < 1.29 is 9.53 Å². The van der Waals surface area contributed by atoms with Crippen LogP contribution in [0.2, 0.25) is 0 Å². The summed E-state index contributed by atoms with van der Waals surface area (Å²) in [5.74, 6) is 0.936. The maximum absolute atomic E-state index is 13.0. The molecule has 1 atom stereocenters. The maximum atomic E-state index is 13.0. The zero-order valence-electron chi connectivity index (χ0n) is 15.1. The number of aryl methyl sites for hydroxylation is 1. The van der Waals surface area contributed by atoms with Gasteiger partial charge in [0.2, 0.25) is 5.91 Å². The van der Waals surface area contributed by atoms with Crippen LogP contribution < -0.4 is 0 Å². The van der Waals surface area contributed by atoms with Gasteiger partial charge >= 0.3 is 0 Å². The van der Waals surface area contributed by atoms with Gasteiger partial charge in [0.05, 0.1) is 12.3 Å². The first kappa shape index (κ1) is 16.8. The van der Waals surface area contributed by atoms with E-state index in [1.807, 2.05) is 16.6 Å². The molecule has 25 heavy (non-hydrogen) atoms. The number of ether oxygens (including phenoxy) is 1. The predicted molar refractivity (Wildman–Crippen MR) is 93.9 cm³/mol. The molecule has 2 heterocycles. The first-order valence-corrected chi connectivity index (χ1v) is 9.66. The summed E-state index contributed by atoms with van der Waals surface area (Å²) in [5, 5.41) is 8.53. The second-order valence-electron chi connectivity index (χ2n) is 7.66. The molecule has 1 amide bonds. The van der Waals surface area contributed by atoms with Gasteiger partial charge < -0.3 is 9.64 Å². The number of allylic oxidation sites excluding steroid dienone is 1. The van der Waals surface area contributed by atoms with Crippen LogP contribution in [0.3, 0.4) is 0 Å². The minimum Gasteiger partial charge on any atom is -0.379 e. The molecule has 0 spiro atoms. The predicted octanol–water partition coefficient (Wildman–Crippen LogP) is 2.56. The Kier molecular flexibility index (Phi) is 4.88. The quantitative estimate of drug-likeness (QED) is 0.744. The summed E-state index contributed by atoms with van der Waals surface area (Å²) >= 11 is 0. The minimum absolute atomic E-state index is 0.0899. The standard InChI is InChI=1S/C19H28N4O2/c1-22-16-9-10-23(18(24)11-14-5-3-2-4-6-14)17(19(16)20-21-22)13-25-12-15-7-8-15/h5,15,17H,2-4,6-13H2,1H3. The van der Waals surface area contributed by atoms with Gasteiger partial charge in [0.15, 0.2) is 0 Å². The Morgan fingerprint density at radius 3 is 2.92 bits per heavy atom. The highest BCUT2D eigenvalue weighted by Crippen LogP contribution is 2.32. The molecule has 1 unspecified atom stereocenters. The Morgan fingerprint density at radius 2 is 2.16 bits per heavy atom. The van der Waals surface area contributed by atoms with E-state index in [0.717, 1.165) is 49.7 Å². The van der Waals surface area contributed by atoms with E-state index in [2.05, 4.69) is 16.4 Å². The monoisotopic (exact) mass is 344 g/mol. The lowest BCUT2D eigenvalue weighted by molar-refractivity contribution is -0.135. The molecule has 136 valence electrons. The topological polar surface area (TPSA) is 60.2 Å². The van der Waals surface area contributed by atoms with Crippen molar-refractivity contribution in [2.75, 3.05) is 19.8 Å². The number of carbonyl (C=O) groups is 1. The van der Waals surface area contributed by atoms with Crippen LogP contribution in [0.25, 0.3) is 0 Å². The normalized spacial score (nSPS) is 23.3. The van der Waals surface area contributed by atoms with Crippen LogP contribution in [-0.2, 0) is 23.0 Å². The van der Waals surface area contributed by atoms with Crippen molar-refractivity contribution in [1.82, 2.24) is 19.9 Å². The van der Waals surface area contributed by atoms with E-state index < -0.39 is 0 Å². The van der Waals surface area contributed by atoms with Gasteiger partial charge in [-0.25, -0.2) is 0 Å². The highest BCUT2D eigenvalue weighted by molar-refractivity contribution is 5.79. The van der Waals surface area contributed by atoms with E-state index in [-0.39, 0.29) is 11.9 Å². The lowest BCUT2D eigenvalue weighted by Gasteiger charge is -2.35. The fourth-order valence-corrected chi connectivity index (χ4v) is 3.93. The van der Waals surface area contributed by atoms with Crippen molar-refractivity contribution in [2.45, 2.75) is 57.4 Å². The molecular weight excluding hydrogens is 316 g/mol. The maximum Gasteiger partial charge on any atom is 0.227 e. The van der Waals surface area contributed by atoms with E-state index >= 15 is 0 Å². The molecule has 6 nitrogen and oxygen atoms in total. The van der Waals surface area contributed by atoms with Gasteiger partial charge in [-0.3, -0.25) is 9.48 Å². The summed E-state index contributed by atoms with van der Waals surface area (Å²) in [6.45, 7) is 2.07. The Morgan fingerprint density at radius 1 is 1.28 bits per heavy atom. The van der Waals surface area contributed by atoms with E-state index in [0.29, 0.717) is 13.0 Å². The van der Waals surface area contributed by atoms with Crippen LogP contribution in [0.5, 0.6) is 0 Å². The number of hydrogen-bond donors (Lipinski definition) is 0. The second-order valence-corrected chi connectivity index (χ2v) is 7.66. The van der Waals surface area contributed by atoms with Gasteiger partial charge in [-0.05, 0) is 44.4 Å². The highest BCUT2D eigenvalue weighted by Gasteiger charge is 2.35. The van der Waals surface area contributed by atoms with Crippen LogP contribution in [0.4, 0.5) is 0 Å². The number of aromatic nitrogens is 3. The SMILES string of the molecule is Cn1nnc2c1CCN(C(=O)CC1=CCCCC1)C2COCC1CC1.